The second-order valence-corrected chi connectivity index (χ2v) is 5.06. The van der Waals surface area contributed by atoms with Crippen molar-refractivity contribution in [1.82, 2.24) is 15.2 Å². The summed E-state index contributed by atoms with van der Waals surface area (Å²) < 4.78 is 5.21. The average molecular weight is 271 g/mol. The second kappa shape index (κ2) is 6.12. The Morgan fingerprint density at radius 1 is 1.61 bits per heavy atom. The van der Waals surface area contributed by atoms with E-state index in [-0.39, 0.29) is 16.8 Å². The van der Waals surface area contributed by atoms with E-state index in [0.29, 0.717) is 32.8 Å². The molecule has 1 atom stereocenters. The zero-order valence-corrected chi connectivity index (χ0v) is 11.1. The maximum atomic E-state index is 12.1. The summed E-state index contributed by atoms with van der Waals surface area (Å²) >= 11 is 1.13. The SMILES string of the molecule is CC(NCc1csc(=O)[nH]1)C(=O)N1CCOCC1. The number of nitrogens with zero attached hydrogens (tertiary/aromatic N) is 1. The normalized spacial score (nSPS) is 17.7. The van der Waals surface area contributed by atoms with Crippen molar-refractivity contribution >= 4 is 17.2 Å². The largest absolute Gasteiger partial charge is 0.378 e. The molecular formula is C11H17N3O3S. The number of H-pyrrole nitrogens is 1. The number of nitrogens with one attached hydrogen (secondary N) is 2. The summed E-state index contributed by atoms with van der Waals surface area (Å²) in [5.74, 6) is 0.0795. The van der Waals surface area contributed by atoms with E-state index in [1.54, 1.807) is 10.3 Å². The van der Waals surface area contributed by atoms with Gasteiger partial charge in [0.05, 0.1) is 19.3 Å². The minimum atomic E-state index is -0.258. The summed E-state index contributed by atoms with van der Waals surface area (Å²) in [4.78, 5) is 27.5. The van der Waals surface area contributed by atoms with Gasteiger partial charge in [0.2, 0.25) is 5.91 Å². The number of aromatic amines is 1. The van der Waals surface area contributed by atoms with Crippen molar-refractivity contribution in [1.29, 1.82) is 0 Å². The standard InChI is InChI=1S/C11H17N3O3S/c1-8(10(15)14-2-4-17-5-3-14)12-6-9-7-18-11(16)13-9/h7-8,12H,2-6H2,1H3,(H,13,16). The maximum Gasteiger partial charge on any atom is 0.304 e. The molecule has 0 bridgehead atoms. The summed E-state index contributed by atoms with van der Waals surface area (Å²) in [6, 6.07) is -0.258. The molecule has 2 heterocycles. The van der Waals surface area contributed by atoms with Gasteiger partial charge < -0.3 is 19.9 Å². The van der Waals surface area contributed by atoms with E-state index >= 15 is 0 Å². The predicted octanol–water partition coefficient (Wildman–Crippen LogP) is -0.227. The molecule has 1 unspecified atom stereocenters. The monoisotopic (exact) mass is 271 g/mol. The Balaban J connectivity index is 1.81. The molecule has 18 heavy (non-hydrogen) atoms. The van der Waals surface area contributed by atoms with Crippen LogP contribution in [0, 0.1) is 0 Å². The smallest absolute Gasteiger partial charge is 0.304 e. The number of rotatable bonds is 4. The van der Waals surface area contributed by atoms with Crippen molar-refractivity contribution in [3.63, 3.8) is 0 Å². The summed E-state index contributed by atoms with van der Waals surface area (Å²) in [7, 11) is 0. The Morgan fingerprint density at radius 2 is 2.33 bits per heavy atom. The van der Waals surface area contributed by atoms with Crippen molar-refractivity contribution in [2.24, 2.45) is 0 Å². The van der Waals surface area contributed by atoms with Gasteiger partial charge in [-0.1, -0.05) is 11.3 Å². The molecule has 7 heteroatoms. The second-order valence-electron chi connectivity index (χ2n) is 4.21. The first-order chi connectivity index (χ1) is 8.66. The van der Waals surface area contributed by atoms with Crippen LogP contribution in [0.1, 0.15) is 12.6 Å². The number of hydrogen-bond donors (Lipinski definition) is 2. The Morgan fingerprint density at radius 3 is 2.94 bits per heavy atom. The van der Waals surface area contributed by atoms with Gasteiger partial charge in [-0.3, -0.25) is 9.59 Å². The first-order valence-electron chi connectivity index (χ1n) is 5.93. The van der Waals surface area contributed by atoms with Gasteiger partial charge >= 0.3 is 4.87 Å². The third-order valence-electron chi connectivity index (χ3n) is 2.86. The molecule has 2 rings (SSSR count). The minimum absolute atomic E-state index is 0.0704. The predicted molar refractivity (Wildman–Crippen MR) is 68.6 cm³/mol. The fraction of sp³-hybridized carbons (Fsp3) is 0.636. The molecule has 1 aromatic rings. The molecule has 0 aliphatic carbocycles. The highest BCUT2D eigenvalue weighted by atomic mass is 32.1. The van der Waals surface area contributed by atoms with Crippen LogP contribution in [-0.4, -0.2) is 48.1 Å². The van der Waals surface area contributed by atoms with Gasteiger partial charge in [0, 0.05) is 30.7 Å². The van der Waals surface area contributed by atoms with E-state index in [9.17, 15) is 9.59 Å². The molecule has 0 spiro atoms. The molecule has 0 aromatic carbocycles. The average Bonchev–Trinajstić information content (AvgIpc) is 2.82. The number of carbonyl (C=O) groups excluding carboxylic acids is 1. The fourth-order valence-electron chi connectivity index (χ4n) is 1.81. The van der Waals surface area contributed by atoms with Gasteiger partial charge in [0.15, 0.2) is 0 Å². The van der Waals surface area contributed by atoms with Gasteiger partial charge in [-0.15, -0.1) is 0 Å². The quantitative estimate of drug-likeness (QED) is 0.793. The molecule has 1 aliphatic heterocycles. The Hall–Kier alpha value is -1.18. The van der Waals surface area contributed by atoms with Crippen LogP contribution in [0.4, 0.5) is 0 Å². The number of amides is 1. The Labute approximate surface area is 109 Å². The number of ether oxygens (including phenoxy) is 1. The third kappa shape index (κ3) is 3.41. The molecule has 1 amide bonds. The third-order valence-corrected chi connectivity index (χ3v) is 3.58. The van der Waals surface area contributed by atoms with Crippen LogP contribution in [0.5, 0.6) is 0 Å². The summed E-state index contributed by atoms with van der Waals surface area (Å²) in [6.45, 7) is 4.85. The summed E-state index contributed by atoms with van der Waals surface area (Å²) in [5, 5.41) is 4.88. The highest BCUT2D eigenvalue weighted by Gasteiger charge is 2.21. The molecular weight excluding hydrogens is 254 g/mol. The van der Waals surface area contributed by atoms with E-state index in [1.807, 2.05) is 6.92 Å². The van der Waals surface area contributed by atoms with E-state index in [1.165, 1.54) is 0 Å². The van der Waals surface area contributed by atoms with Crippen LogP contribution in [0.3, 0.4) is 0 Å². The molecule has 1 aromatic heterocycles. The Kier molecular flexibility index (Phi) is 4.51. The van der Waals surface area contributed by atoms with Crippen molar-refractivity contribution in [2.75, 3.05) is 26.3 Å². The van der Waals surface area contributed by atoms with Gasteiger partial charge in [0.1, 0.15) is 0 Å². The minimum Gasteiger partial charge on any atom is -0.378 e. The van der Waals surface area contributed by atoms with Crippen LogP contribution in [0.15, 0.2) is 10.2 Å². The molecule has 0 saturated carbocycles. The highest BCUT2D eigenvalue weighted by molar-refractivity contribution is 7.07. The van der Waals surface area contributed by atoms with Crippen molar-refractivity contribution in [2.45, 2.75) is 19.5 Å². The van der Waals surface area contributed by atoms with Crippen molar-refractivity contribution < 1.29 is 9.53 Å². The lowest BCUT2D eigenvalue weighted by Gasteiger charge is -2.29. The first-order valence-corrected chi connectivity index (χ1v) is 6.81. The van der Waals surface area contributed by atoms with Crippen LogP contribution in [0.25, 0.3) is 0 Å². The van der Waals surface area contributed by atoms with Gasteiger partial charge in [-0.05, 0) is 6.92 Å². The van der Waals surface area contributed by atoms with Crippen molar-refractivity contribution in [3.05, 3.63) is 20.7 Å². The fourth-order valence-corrected chi connectivity index (χ4v) is 2.39. The lowest BCUT2D eigenvalue weighted by Crippen LogP contribution is -2.49. The summed E-state index contributed by atoms with van der Waals surface area (Å²) in [6.07, 6.45) is 0. The number of morpholine rings is 1. The lowest BCUT2D eigenvalue weighted by molar-refractivity contribution is -0.137. The molecule has 1 aliphatic rings. The number of aromatic nitrogens is 1. The first kappa shape index (κ1) is 13.3. The molecule has 1 saturated heterocycles. The van der Waals surface area contributed by atoms with Gasteiger partial charge in [-0.2, -0.15) is 0 Å². The number of thiazole rings is 1. The van der Waals surface area contributed by atoms with Gasteiger partial charge in [0.25, 0.3) is 0 Å². The Bertz CT molecular complexity index is 450. The van der Waals surface area contributed by atoms with Gasteiger partial charge in [-0.25, -0.2) is 0 Å². The van der Waals surface area contributed by atoms with Crippen LogP contribution in [-0.2, 0) is 16.1 Å². The van der Waals surface area contributed by atoms with E-state index in [4.69, 9.17) is 4.74 Å². The van der Waals surface area contributed by atoms with E-state index < -0.39 is 0 Å². The highest BCUT2D eigenvalue weighted by Crippen LogP contribution is 2.02. The topological polar surface area (TPSA) is 74.4 Å². The van der Waals surface area contributed by atoms with E-state index in [2.05, 4.69) is 10.3 Å². The van der Waals surface area contributed by atoms with Crippen LogP contribution in [0.2, 0.25) is 0 Å². The molecule has 100 valence electrons. The maximum absolute atomic E-state index is 12.1. The summed E-state index contributed by atoms with van der Waals surface area (Å²) in [5.41, 5.74) is 0.812. The van der Waals surface area contributed by atoms with Crippen LogP contribution < -0.4 is 10.2 Å². The zero-order chi connectivity index (χ0) is 13.0. The van der Waals surface area contributed by atoms with Crippen LogP contribution >= 0.6 is 11.3 Å². The number of carbonyl (C=O) groups is 1. The molecule has 6 nitrogen and oxygen atoms in total. The number of hydrogen-bond acceptors (Lipinski definition) is 5. The van der Waals surface area contributed by atoms with E-state index in [0.717, 1.165) is 17.0 Å². The zero-order valence-electron chi connectivity index (χ0n) is 10.3. The lowest BCUT2D eigenvalue weighted by atomic mass is 10.2. The molecule has 2 N–H and O–H groups in total. The van der Waals surface area contributed by atoms with Crippen molar-refractivity contribution in [3.8, 4) is 0 Å². The molecule has 0 radical (unpaired) electrons. The molecule has 1 fully saturated rings.